The van der Waals surface area contributed by atoms with Gasteiger partial charge in [0.05, 0.1) is 6.54 Å². The average Bonchev–Trinajstić information content (AvgIpc) is 3.08. The number of rotatable bonds is 5. The zero-order valence-corrected chi connectivity index (χ0v) is 14.4. The van der Waals surface area contributed by atoms with Crippen molar-refractivity contribution in [3.05, 3.63) is 59.2 Å². The molecule has 25 heavy (non-hydrogen) atoms. The van der Waals surface area contributed by atoms with Gasteiger partial charge in [-0.1, -0.05) is 30.3 Å². The SMILES string of the molecule is CCNC(=NCc1ccc2c(c1)OCO2)NCC1Cc2ccccc21. The molecule has 1 aliphatic carbocycles. The summed E-state index contributed by atoms with van der Waals surface area (Å²) in [5.41, 5.74) is 4.04. The molecule has 1 unspecified atom stereocenters. The summed E-state index contributed by atoms with van der Waals surface area (Å²) in [4.78, 5) is 4.69. The maximum Gasteiger partial charge on any atom is 0.231 e. The predicted molar refractivity (Wildman–Crippen MR) is 98.3 cm³/mol. The van der Waals surface area contributed by atoms with Crippen LogP contribution in [0.25, 0.3) is 0 Å². The maximum atomic E-state index is 5.43. The molecule has 0 fully saturated rings. The Balaban J connectivity index is 1.37. The fourth-order valence-electron chi connectivity index (χ4n) is 3.32. The molecule has 130 valence electrons. The summed E-state index contributed by atoms with van der Waals surface area (Å²) in [5.74, 6) is 3.04. The van der Waals surface area contributed by atoms with Gasteiger partial charge in [-0.25, -0.2) is 4.99 Å². The van der Waals surface area contributed by atoms with Gasteiger partial charge >= 0.3 is 0 Å². The van der Waals surface area contributed by atoms with Crippen LogP contribution in [0.3, 0.4) is 0 Å². The second-order valence-electron chi connectivity index (χ2n) is 6.36. The number of ether oxygens (including phenoxy) is 2. The molecular weight excluding hydrogens is 314 g/mol. The second-order valence-corrected chi connectivity index (χ2v) is 6.36. The molecule has 2 N–H and O–H groups in total. The quantitative estimate of drug-likeness (QED) is 0.651. The highest BCUT2D eigenvalue weighted by molar-refractivity contribution is 5.79. The minimum atomic E-state index is 0.301. The summed E-state index contributed by atoms with van der Waals surface area (Å²) in [6, 6.07) is 14.6. The standard InChI is InChI=1S/C20H23N3O2/c1-2-21-20(23-12-16-10-15-5-3-4-6-17(15)16)22-11-14-7-8-18-19(9-14)25-13-24-18/h3-9,16H,2,10-13H2,1H3,(H2,21,22,23). The summed E-state index contributed by atoms with van der Waals surface area (Å²) < 4.78 is 10.8. The van der Waals surface area contributed by atoms with Gasteiger partial charge in [0.2, 0.25) is 6.79 Å². The van der Waals surface area contributed by atoms with Gasteiger partial charge in [0.25, 0.3) is 0 Å². The summed E-state index contributed by atoms with van der Waals surface area (Å²) in [6.45, 7) is 4.73. The highest BCUT2D eigenvalue weighted by atomic mass is 16.7. The lowest BCUT2D eigenvalue weighted by molar-refractivity contribution is 0.174. The highest BCUT2D eigenvalue weighted by Crippen LogP contribution is 2.34. The van der Waals surface area contributed by atoms with Gasteiger partial charge in [-0.3, -0.25) is 0 Å². The van der Waals surface area contributed by atoms with Crippen molar-refractivity contribution in [2.75, 3.05) is 19.9 Å². The van der Waals surface area contributed by atoms with E-state index in [9.17, 15) is 0 Å². The highest BCUT2D eigenvalue weighted by Gasteiger charge is 2.25. The number of hydrogen-bond acceptors (Lipinski definition) is 3. The fourth-order valence-corrected chi connectivity index (χ4v) is 3.32. The zero-order chi connectivity index (χ0) is 17.1. The Bertz CT molecular complexity index is 788. The van der Waals surface area contributed by atoms with Crippen molar-refractivity contribution in [1.29, 1.82) is 0 Å². The molecular formula is C20H23N3O2. The number of nitrogens with zero attached hydrogens (tertiary/aromatic N) is 1. The van der Waals surface area contributed by atoms with Crippen molar-refractivity contribution in [1.82, 2.24) is 10.6 Å². The average molecular weight is 337 g/mol. The van der Waals surface area contributed by atoms with Crippen LogP contribution >= 0.6 is 0 Å². The number of benzene rings is 2. The Hall–Kier alpha value is -2.69. The molecule has 0 amide bonds. The summed E-state index contributed by atoms with van der Waals surface area (Å²) in [6.07, 6.45) is 1.14. The number of aliphatic imine (C=N–C) groups is 1. The number of nitrogens with one attached hydrogen (secondary N) is 2. The molecule has 0 spiro atoms. The zero-order valence-electron chi connectivity index (χ0n) is 14.4. The topological polar surface area (TPSA) is 54.9 Å². The van der Waals surface area contributed by atoms with Crippen molar-refractivity contribution in [2.24, 2.45) is 4.99 Å². The van der Waals surface area contributed by atoms with E-state index < -0.39 is 0 Å². The summed E-state index contributed by atoms with van der Waals surface area (Å²) >= 11 is 0. The number of guanidine groups is 1. The van der Waals surface area contributed by atoms with Gasteiger partial charge in [-0.2, -0.15) is 0 Å². The van der Waals surface area contributed by atoms with Crippen LogP contribution in [0.4, 0.5) is 0 Å². The van der Waals surface area contributed by atoms with Crippen LogP contribution in [0.5, 0.6) is 11.5 Å². The van der Waals surface area contributed by atoms with Crippen LogP contribution in [0, 0.1) is 0 Å². The molecule has 4 rings (SSSR count). The molecule has 5 nitrogen and oxygen atoms in total. The minimum Gasteiger partial charge on any atom is -0.454 e. The van der Waals surface area contributed by atoms with Crippen molar-refractivity contribution in [3.63, 3.8) is 0 Å². The van der Waals surface area contributed by atoms with E-state index >= 15 is 0 Å². The first kappa shape index (κ1) is 15.8. The summed E-state index contributed by atoms with van der Waals surface area (Å²) in [5, 5.41) is 6.78. The van der Waals surface area contributed by atoms with Crippen molar-refractivity contribution in [2.45, 2.75) is 25.8 Å². The fraction of sp³-hybridized carbons (Fsp3) is 0.350. The monoisotopic (exact) mass is 337 g/mol. The Morgan fingerprint density at radius 2 is 2.00 bits per heavy atom. The van der Waals surface area contributed by atoms with Gasteiger partial charge in [0.1, 0.15) is 0 Å². The van der Waals surface area contributed by atoms with E-state index in [2.05, 4.69) is 41.8 Å². The maximum absolute atomic E-state index is 5.43. The van der Waals surface area contributed by atoms with Crippen LogP contribution in [-0.4, -0.2) is 25.8 Å². The van der Waals surface area contributed by atoms with Crippen molar-refractivity contribution < 1.29 is 9.47 Å². The smallest absolute Gasteiger partial charge is 0.231 e. The lowest BCUT2D eigenvalue weighted by Gasteiger charge is -2.30. The van der Waals surface area contributed by atoms with Crippen LogP contribution in [0.1, 0.15) is 29.5 Å². The molecule has 1 aliphatic heterocycles. The third-order valence-corrected chi connectivity index (χ3v) is 4.68. The first-order valence-corrected chi connectivity index (χ1v) is 8.82. The Morgan fingerprint density at radius 3 is 2.88 bits per heavy atom. The molecule has 0 bridgehead atoms. The third-order valence-electron chi connectivity index (χ3n) is 4.68. The lowest BCUT2D eigenvalue weighted by atomic mass is 9.78. The Morgan fingerprint density at radius 1 is 1.12 bits per heavy atom. The molecule has 0 saturated heterocycles. The molecule has 0 radical (unpaired) electrons. The van der Waals surface area contributed by atoms with Gasteiger partial charge < -0.3 is 20.1 Å². The van der Waals surface area contributed by atoms with Crippen LogP contribution in [-0.2, 0) is 13.0 Å². The van der Waals surface area contributed by atoms with Crippen LogP contribution < -0.4 is 20.1 Å². The molecule has 5 heteroatoms. The van der Waals surface area contributed by atoms with E-state index in [-0.39, 0.29) is 0 Å². The van der Waals surface area contributed by atoms with Gasteiger partial charge in [0.15, 0.2) is 17.5 Å². The van der Waals surface area contributed by atoms with E-state index in [1.165, 1.54) is 11.1 Å². The first-order chi connectivity index (χ1) is 12.3. The number of hydrogen-bond donors (Lipinski definition) is 2. The second kappa shape index (κ2) is 7.05. The third kappa shape index (κ3) is 3.40. The van der Waals surface area contributed by atoms with E-state index in [4.69, 9.17) is 14.5 Å². The predicted octanol–water partition coefficient (Wildman–Crippen LogP) is 2.81. The van der Waals surface area contributed by atoms with Crippen LogP contribution in [0.2, 0.25) is 0 Å². The molecule has 2 aromatic carbocycles. The van der Waals surface area contributed by atoms with Gasteiger partial charge in [-0.05, 0) is 42.2 Å². The molecule has 2 aromatic rings. The van der Waals surface area contributed by atoms with E-state index in [0.717, 1.165) is 42.5 Å². The largest absolute Gasteiger partial charge is 0.454 e. The first-order valence-electron chi connectivity index (χ1n) is 8.82. The minimum absolute atomic E-state index is 0.301. The van der Waals surface area contributed by atoms with Crippen molar-refractivity contribution >= 4 is 5.96 Å². The number of fused-ring (bicyclic) bond motifs is 2. The van der Waals surface area contributed by atoms with Gasteiger partial charge in [-0.15, -0.1) is 0 Å². The van der Waals surface area contributed by atoms with E-state index in [1.54, 1.807) is 0 Å². The van der Waals surface area contributed by atoms with Gasteiger partial charge in [0, 0.05) is 19.0 Å². The van der Waals surface area contributed by atoms with Crippen molar-refractivity contribution in [3.8, 4) is 11.5 Å². The molecule has 1 atom stereocenters. The Labute approximate surface area is 148 Å². The molecule has 1 heterocycles. The molecule has 2 aliphatic rings. The normalized spacial score (nSPS) is 17.6. The van der Waals surface area contributed by atoms with E-state index in [1.807, 2.05) is 18.2 Å². The molecule has 0 saturated carbocycles. The van der Waals surface area contributed by atoms with Crippen LogP contribution in [0.15, 0.2) is 47.5 Å². The Kier molecular flexibility index (Phi) is 4.46. The summed E-state index contributed by atoms with van der Waals surface area (Å²) in [7, 11) is 0. The van der Waals surface area contributed by atoms with E-state index in [0.29, 0.717) is 19.3 Å². The molecule has 0 aromatic heterocycles. The lowest BCUT2D eigenvalue weighted by Crippen LogP contribution is -2.41.